The van der Waals surface area contributed by atoms with Crippen LogP contribution in [0.15, 0.2) is 0 Å². The molecule has 0 saturated carbocycles. The fourth-order valence-corrected chi connectivity index (χ4v) is 0.853. The fraction of sp³-hybridized carbons (Fsp3) is 0.714. The van der Waals surface area contributed by atoms with E-state index in [0.29, 0.717) is 6.41 Å². The molecule has 0 aromatic heterocycles. The van der Waals surface area contributed by atoms with Gasteiger partial charge in [-0.25, -0.2) is 0 Å². The maximum absolute atomic E-state index is 10.8. The lowest BCUT2D eigenvalue weighted by atomic mass is 10.0. The Morgan fingerprint density at radius 2 is 2.00 bits per heavy atom. The zero-order valence-corrected chi connectivity index (χ0v) is 6.55. The first-order valence-electron chi connectivity index (χ1n) is 3.29. The lowest BCUT2D eigenvalue weighted by Gasteiger charge is -2.15. The van der Waals surface area contributed by atoms with E-state index in [0.717, 1.165) is 0 Å². The normalized spacial score (nSPS) is 12.8. The van der Waals surface area contributed by atoms with Crippen molar-refractivity contribution >= 4 is 12.2 Å². The molecule has 0 unspecified atom stereocenters. The molecule has 0 bridgehead atoms. The first-order valence-corrected chi connectivity index (χ1v) is 3.29. The molecule has 1 N–H and O–H groups in total. The van der Waals surface area contributed by atoms with Crippen LogP contribution in [0.5, 0.6) is 0 Å². The van der Waals surface area contributed by atoms with Gasteiger partial charge in [0.2, 0.25) is 6.41 Å². The molecule has 0 fully saturated rings. The van der Waals surface area contributed by atoms with Crippen molar-refractivity contribution in [3.8, 4) is 0 Å². The Morgan fingerprint density at radius 3 is 2.10 bits per heavy atom. The first-order chi connectivity index (χ1) is 4.59. The third-order valence-corrected chi connectivity index (χ3v) is 1.35. The maximum atomic E-state index is 10.8. The summed E-state index contributed by atoms with van der Waals surface area (Å²) in [4.78, 5) is 20.7. The van der Waals surface area contributed by atoms with E-state index in [-0.39, 0.29) is 17.7 Å². The molecule has 0 aliphatic rings. The number of amides is 1. The number of ketones is 1. The summed E-state index contributed by atoms with van der Waals surface area (Å²) in [5.41, 5.74) is 0. The average Bonchev–Trinajstić information content (AvgIpc) is 1.81. The van der Waals surface area contributed by atoms with E-state index in [1.54, 1.807) is 0 Å². The van der Waals surface area contributed by atoms with Gasteiger partial charge in [-0.2, -0.15) is 0 Å². The van der Waals surface area contributed by atoms with E-state index in [1.165, 1.54) is 6.92 Å². The standard InChI is InChI=1S/C7H13NO2/c1-5(2)7(6(3)10)8-4-9/h4-5,7H,1-3H3,(H,8,9)/t7-/m0/s1. The SMILES string of the molecule is CC(=O)[C@@H](NC=O)C(C)C. The minimum Gasteiger partial charge on any atom is -0.349 e. The van der Waals surface area contributed by atoms with Gasteiger partial charge < -0.3 is 5.32 Å². The second-order valence-electron chi connectivity index (χ2n) is 2.62. The third kappa shape index (κ3) is 2.62. The Bertz CT molecular complexity index is 132. The van der Waals surface area contributed by atoms with Crippen molar-refractivity contribution in [3.63, 3.8) is 0 Å². The van der Waals surface area contributed by atoms with Gasteiger partial charge in [0.15, 0.2) is 5.78 Å². The van der Waals surface area contributed by atoms with Gasteiger partial charge in [0.1, 0.15) is 0 Å². The molecule has 0 aliphatic carbocycles. The van der Waals surface area contributed by atoms with Crippen molar-refractivity contribution < 1.29 is 9.59 Å². The lowest BCUT2D eigenvalue weighted by molar-refractivity contribution is -0.122. The summed E-state index contributed by atoms with van der Waals surface area (Å²) < 4.78 is 0. The van der Waals surface area contributed by atoms with Gasteiger partial charge in [0, 0.05) is 0 Å². The highest BCUT2D eigenvalue weighted by molar-refractivity contribution is 5.83. The molecule has 58 valence electrons. The predicted molar refractivity (Wildman–Crippen MR) is 38.5 cm³/mol. The van der Waals surface area contributed by atoms with Crippen LogP contribution >= 0.6 is 0 Å². The molecule has 3 heteroatoms. The van der Waals surface area contributed by atoms with Crippen LogP contribution in [-0.2, 0) is 9.59 Å². The van der Waals surface area contributed by atoms with Crippen LogP contribution in [-0.4, -0.2) is 18.2 Å². The molecule has 0 aromatic rings. The van der Waals surface area contributed by atoms with Gasteiger partial charge in [-0.05, 0) is 12.8 Å². The van der Waals surface area contributed by atoms with Crippen LogP contribution in [0.2, 0.25) is 0 Å². The number of carbonyl (C=O) groups excluding carboxylic acids is 2. The molecule has 0 rings (SSSR count). The molecular weight excluding hydrogens is 130 g/mol. The number of Topliss-reactive ketones (excluding diaryl/α,β-unsaturated/α-hetero) is 1. The Hall–Kier alpha value is -0.860. The Morgan fingerprint density at radius 1 is 1.50 bits per heavy atom. The summed E-state index contributed by atoms with van der Waals surface area (Å²) in [5, 5.41) is 2.45. The third-order valence-electron chi connectivity index (χ3n) is 1.35. The van der Waals surface area contributed by atoms with Gasteiger partial charge in [-0.15, -0.1) is 0 Å². The van der Waals surface area contributed by atoms with E-state index in [1.807, 2.05) is 13.8 Å². The smallest absolute Gasteiger partial charge is 0.207 e. The Balaban J connectivity index is 3.97. The summed E-state index contributed by atoms with van der Waals surface area (Å²) in [6.45, 7) is 5.26. The first kappa shape index (κ1) is 9.14. The predicted octanol–water partition coefficient (Wildman–Crippen LogP) is 0.346. The number of nitrogens with one attached hydrogen (secondary N) is 1. The van der Waals surface area contributed by atoms with Crippen LogP contribution in [0.3, 0.4) is 0 Å². The van der Waals surface area contributed by atoms with E-state index >= 15 is 0 Å². The molecule has 0 heterocycles. The highest BCUT2D eigenvalue weighted by Gasteiger charge is 2.16. The quantitative estimate of drug-likeness (QED) is 0.577. The van der Waals surface area contributed by atoms with Crippen LogP contribution in [0.25, 0.3) is 0 Å². The van der Waals surface area contributed by atoms with Crippen molar-refractivity contribution in [2.45, 2.75) is 26.8 Å². The molecule has 0 radical (unpaired) electrons. The summed E-state index contributed by atoms with van der Waals surface area (Å²) >= 11 is 0. The molecule has 3 nitrogen and oxygen atoms in total. The Kier molecular flexibility index (Phi) is 3.69. The molecule has 10 heavy (non-hydrogen) atoms. The summed E-state index contributed by atoms with van der Waals surface area (Å²) in [7, 11) is 0. The molecule has 0 saturated heterocycles. The number of rotatable bonds is 4. The second-order valence-corrected chi connectivity index (χ2v) is 2.62. The fourth-order valence-electron chi connectivity index (χ4n) is 0.853. The zero-order chi connectivity index (χ0) is 8.15. The Labute approximate surface area is 60.8 Å². The number of carbonyl (C=O) groups is 2. The topological polar surface area (TPSA) is 46.2 Å². The van der Waals surface area contributed by atoms with Gasteiger partial charge in [-0.3, -0.25) is 9.59 Å². The summed E-state index contributed by atoms with van der Waals surface area (Å²) in [6.07, 6.45) is 0.562. The van der Waals surface area contributed by atoms with Crippen molar-refractivity contribution in [2.75, 3.05) is 0 Å². The minimum atomic E-state index is -0.322. The van der Waals surface area contributed by atoms with Crippen LogP contribution in [0.1, 0.15) is 20.8 Å². The van der Waals surface area contributed by atoms with Gasteiger partial charge >= 0.3 is 0 Å². The van der Waals surface area contributed by atoms with Crippen molar-refractivity contribution in [1.29, 1.82) is 0 Å². The molecule has 1 atom stereocenters. The van der Waals surface area contributed by atoms with E-state index < -0.39 is 0 Å². The lowest BCUT2D eigenvalue weighted by Crippen LogP contribution is -2.38. The van der Waals surface area contributed by atoms with E-state index in [4.69, 9.17) is 0 Å². The molecule has 1 amide bonds. The maximum Gasteiger partial charge on any atom is 0.207 e. The molecule has 0 spiro atoms. The molecular formula is C7H13NO2. The van der Waals surface area contributed by atoms with Gasteiger partial charge in [0.25, 0.3) is 0 Å². The highest BCUT2D eigenvalue weighted by atomic mass is 16.1. The van der Waals surface area contributed by atoms with Crippen LogP contribution in [0, 0.1) is 5.92 Å². The second kappa shape index (κ2) is 4.04. The summed E-state index contributed by atoms with van der Waals surface area (Å²) in [5.74, 6) is 0.171. The van der Waals surface area contributed by atoms with Crippen LogP contribution in [0.4, 0.5) is 0 Å². The zero-order valence-electron chi connectivity index (χ0n) is 6.55. The monoisotopic (exact) mass is 143 g/mol. The number of hydrogen-bond donors (Lipinski definition) is 1. The van der Waals surface area contributed by atoms with Crippen molar-refractivity contribution in [2.24, 2.45) is 5.92 Å². The summed E-state index contributed by atoms with van der Waals surface area (Å²) in [6, 6.07) is -0.322. The minimum absolute atomic E-state index is 0.00194. The number of hydrogen-bond acceptors (Lipinski definition) is 2. The molecule has 0 aromatic carbocycles. The average molecular weight is 143 g/mol. The van der Waals surface area contributed by atoms with Crippen LogP contribution < -0.4 is 5.32 Å². The van der Waals surface area contributed by atoms with E-state index in [2.05, 4.69) is 5.32 Å². The van der Waals surface area contributed by atoms with E-state index in [9.17, 15) is 9.59 Å². The van der Waals surface area contributed by atoms with Crippen molar-refractivity contribution in [3.05, 3.63) is 0 Å². The largest absolute Gasteiger partial charge is 0.349 e. The van der Waals surface area contributed by atoms with Gasteiger partial charge in [-0.1, -0.05) is 13.8 Å². The van der Waals surface area contributed by atoms with Crippen molar-refractivity contribution in [1.82, 2.24) is 5.32 Å². The molecule has 0 aliphatic heterocycles. The highest BCUT2D eigenvalue weighted by Crippen LogP contribution is 2.00. The van der Waals surface area contributed by atoms with Gasteiger partial charge in [0.05, 0.1) is 6.04 Å².